The Labute approximate surface area is 94.8 Å². The van der Waals surface area contributed by atoms with Crippen LogP contribution in [0.3, 0.4) is 0 Å². The van der Waals surface area contributed by atoms with Crippen molar-refractivity contribution in [3.63, 3.8) is 0 Å². The maximum absolute atomic E-state index is 9.42. The van der Waals surface area contributed by atoms with E-state index in [2.05, 4.69) is 22.6 Å². The summed E-state index contributed by atoms with van der Waals surface area (Å²) < 4.78 is 1.12. The molecule has 1 nitrogen and oxygen atoms in total. The first kappa shape index (κ1) is 10.6. The van der Waals surface area contributed by atoms with Gasteiger partial charge < -0.3 is 5.11 Å². The van der Waals surface area contributed by atoms with Crippen LogP contribution >= 0.6 is 45.8 Å². The van der Waals surface area contributed by atoms with Crippen LogP contribution in [0.1, 0.15) is 11.7 Å². The highest BCUT2D eigenvalue weighted by molar-refractivity contribution is 14.1. The van der Waals surface area contributed by atoms with Crippen molar-refractivity contribution in [1.82, 2.24) is 0 Å². The van der Waals surface area contributed by atoms with E-state index >= 15 is 0 Å². The molecule has 66 valence electrons. The Kier molecular flexibility index (Phi) is 4.10. The van der Waals surface area contributed by atoms with Gasteiger partial charge in [-0.1, -0.05) is 12.1 Å². The fourth-order valence-corrected chi connectivity index (χ4v) is 1.46. The Morgan fingerprint density at radius 3 is 2.08 bits per heavy atom. The van der Waals surface area contributed by atoms with Gasteiger partial charge in [0.05, 0.1) is 0 Å². The van der Waals surface area contributed by atoms with Crippen LogP contribution < -0.4 is 0 Å². The number of hydrogen-bond acceptors (Lipinski definition) is 1. The Morgan fingerprint density at radius 2 is 1.67 bits per heavy atom. The molecule has 4 heteroatoms. The lowest BCUT2D eigenvalue weighted by atomic mass is 10.1. The van der Waals surface area contributed by atoms with E-state index in [0.717, 1.165) is 9.13 Å². The SMILES string of the molecule is OC(c1ccc(I)cc1)C(Cl)Cl. The molecule has 1 rings (SSSR count). The summed E-state index contributed by atoms with van der Waals surface area (Å²) in [6.45, 7) is 0. The monoisotopic (exact) mass is 316 g/mol. The molecule has 0 amide bonds. The molecular formula is C8H7Cl2IO. The molecule has 0 saturated carbocycles. The van der Waals surface area contributed by atoms with Gasteiger partial charge in [0.1, 0.15) is 10.9 Å². The summed E-state index contributed by atoms with van der Waals surface area (Å²) in [5.74, 6) is 0. The zero-order valence-corrected chi connectivity index (χ0v) is 9.71. The fourth-order valence-electron chi connectivity index (χ4n) is 0.805. The minimum atomic E-state index is -0.801. The Morgan fingerprint density at radius 1 is 1.17 bits per heavy atom. The maximum atomic E-state index is 9.42. The molecule has 1 aromatic carbocycles. The van der Waals surface area contributed by atoms with Crippen molar-refractivity contribution in [2.24, 2.45) is 0 Å². The average Bonchev–Trinajstić information content (AvgIpc) is 2.04. The molecule has 1 atom stereocenters. The highest BCUT2D eigenvalue weighted by Gasteiger charge is 2.14. The van der Waals surface area contributed by atoms with Crippen molar-refractivity contribution >= 4 is 45.8 Å². The van der Waals surface area contributed by atoms with Crippen molar-refractivity contribution in [2.75, 3.05) is 0 Å². The van der Waals surface area contributed by atoms with Crippen LogP contribution in [0.5, 0.6) is 0 Å². The van der Waals surface area contributed by atoms with Gasteiger partial charge in [0.25, 0.3) is 0 Å². The molecule has 1 aromatic rings. The van der Waals surface area contributed by atoms with Gasteiger partial charge in [-0.3, -0.25) is 0 Å². The van der Waals surface area contributed by atoms with Crippen molar-refractivity contribution < 1.29 is 5.11 Å². The highest BCUT2D eigenvalue weighted by atomic mass is 127. The van der Waals surface area contributed by atoms with E-state index in [1.54, 1.807) is 0 Å². The van der Waals surface area contributed by atoms with Crippen molar-refractivity contribution in [1.29, 1.82) is 0 Å². The summed E-state index contributed by atoms with van der Waals surface area (Å²) in [4.78, 5) is -0.773. The Balaban J connectivity index is 2.82. The number of benzene rings is 1. The van der Waals surface area contributed by atoms with Crippen LogP contribution in [0.2, 0.25) is 0 Å². The van der Waals surface area contributed by atoms with Crippen molar-refractivity contribution in [3.05, 3.63) is 33.4 Å². The largest absolute Gasteiger partial charge is 0.386 e. The quantitative estimate of drug-likeness (QED) is 0.656. The smallest absolute Gasteiger partial charge is 0.137 e. The Bertz CT molecular complexity index is 248. The number of aliphatic hydroxyl groups is 1. The zero-order chi connectivity index (χ0) is 9.14. The third kappa shape index (κ3) is 2.76. The predicted octanol–water partition coefficient (Wildman–Crippen LogP) is 3.13. The van der Waals surface area contributed by atoms with Gasteiger partial charge >= 0.3 is 0 Å². The van der Waals surface area contributed by atoms with Gasteiger partial charge in [-0.2, -0.15) is 0 Å². The molecule has 0 saturated heterocycles. The van der Waals surface area contributed by atoms with Gasteiger partial charge in [0, 0.05) is 3.57 Å². The number of hydrogen-bond donors (Lipinski definition) is 1. The van der Waals surface area contributed by atoms with Gasteiger partial charge in [0.15, 0.2) is 0 Å². The van der Waals surface area contributed by atoms with E-state index in [1.807, 2.05) is 24.3 Å². The molecule has 0 spiro atoms. The molecule has 0 aromatic heterocycles. The first-order valence-corrected chi connectivity index (χ1v) is 5.28. The summed E-state index contributed by atoms with van der Waals surface area (Å²) in [7, 11) is 0. The molecule has 1 N–H and O–H groups in total. The molecule has 12 heavy (non-hydrogen) atoms. The average molecular weight is 317 g/mol. The lowest BCUT2D eigenvalue weighted by molar-refractivity contribution is 0.193. The van der Waals surface area contributed by atoms with Crippen molar-refractivity contribution in [3.8, 4) is 0 Å². The molecule has 0 aliphatic rings. The van der Waals surface area contributed by atoms with Crippen LogP contribution in [0.15, 0.2) is 24.3 Å². The second-order valence-electron chi connectivity index (χ2n) is 2.33. The van der Waals surface area contributed by atoms with E-state index in [9.17, 15) is 5.11 Å². The lowest BCUT2D eigenvalue weighted by Gasteiger charge is -2.10. The molecule has 0 aliphatic carbocycles. The first-order chi connectivity index (χ1) is 5.61. The highest BCUT2D eigenvalue weighted by Crippen LogP contribution is 2.24. The number of halogens is 3. The summed E-state index contributed by atoms with van der Waals surface area (Å²) in [5.41, 5.74) is 0.741. The van der Waals surface area contributed by atoms with Gasteiger partial charge in [-0.15, -0.1) is 23.2 Å². The van der Waals surface area contributed by atoms with Gasteiger partial charge in [0.2, 0.25) is 0 Å². The fraction of sp³-hybridized carbons (Fsp3) is 0.250. The van der Waals surface area contributed by atoms with E-state index in [0.29, 0.717) is 0 Å². The van der Waals surface area contributed by atoms with Crippen molar-refractivity contribution in [2.45, 2.75) is 10.9 Å². The number of aliphatic hydroxyl groups excluding tert-OH is 1. The second kappa shape index (κ2) is 4.65. The van der Waals surface area contributed by atoms with Crippen LogP contribution in [-0.4, -0.2) is 9.94 Å². The van der Waals surface area contributed by atoms with E-state index < -0.39 is 10.9 Å². The number of rotatable bonds is 2. The van der Waals surface area contributed by atoms with Crippen LogP contribution in [0, 0.1) is 3.57 Å². The summed E-state index contributed by atoms with van der Waals surface area (Å²) in [6.07, 6.45) is -0.801. The molecule has 0 aliphatic heterocycles. The third-order valence-electron chi connectivity index (χ3n) is 1.45. The van der Waals surface area contributed by atoms with Crippen LogP contribution in [0.4, 0.5) is 0 Å². The number of alkyl halides is 2. The molecule has 0 heterocycles. The minimum Gasteiger partial charge on any atom is -0.386 e. The second-order valence-corrected chi connectivity index (χ2v) is 4.74. The molecule has 0 fully saturated rings. The minimum absolute atomic E-state index is 0.741. The maximum Gasteiger partial charge on any atom is 0.137 e. The third-order valence-corrected chi connectivity index (χ3v) is 2.65. The first-order valence-electron chi connectivity index (χ1n) is 3.33. The normalized spacial score (nSPS) is 13.4. The molecular weight excluding hydrogens is 310 g/mol. The van der Waals surface area contributed by atoms with Crippen LogP contribution in [0.25, 0.3) is 0 Å². The molecule has 1 unspecified atom stereocenters. The van der Waals surface area contributed by atoms with E-state index in [4.69, 9.17) is 23.2 Å². The molecule has 0 bridgehead atoms. The standard InChI is InChI=1S/C8H7Cl2IO/c9-8(10)7(12)5-1-3-6(11)4-2-5/h1-4,7-8,12H. The lowest BCUT2D eigenvalue weighted by Crippen LogP contribution is -2.05. The summed E-state index contributed by atoms with van der Waals surface area (Å²) >= 11 is 13.2. The van der Waals surface area contributed by atoms with E-state index in [1.165, 1.54) is 0 Å². The summed E-state index contributed by atoms with van der Waals surface area (Å²) in [6, 6.07) is 7.42. The van der Waals surface area contributed by atoms with Crippen LogP contribution in [-0.2, 0) is 0 Å². The predicted molar refractivity (Wildman–Crippen MR) is 59.6 cm³/mol. The van der Waals surface area contributed by atoms with Gasteiger partial charge in [-0.25, -0.2) is 0 Å². The van der Waals surface area contributed by atoms with Gasteiger partial charge in [-0.05, 0) is 40.3 Å². The summed E-state index contributed by atoms with van der Waals surface area (Å²) in [5, 5.41) is 9.42. The topological polar surface area (TPSA) is 20.2 Å². The molecule has 0 radical (unpaired) electrons. The Hall–Kier alpha value is 0.490. The van der Waals surface area contributed by atoms with E-state index in [-0.39, 0.29) is 0 Å². The zero-order valence-electron chi connectivity index (χ0n) is 6.05.